The summed E-state index contributed by atoms with van der Waals surface area (Å²) in [5.74, 6) is 1.67. The van der Waals surface area contributed by atoms with Gasteiger partial charge in [-0.25, -0.2) is 0 Å². The van der Waals surface area contributed by atoms with Crippen LogP contribution in [0.4, 0.5) is 0 Å². The van der Waals surface area contributed by atoms with Gasteiger partial charge in [0, 0.05) is 18.6 Å². The Balaban J connectivity index is 1.93. The number of para-hydroxylation sites is 1. The largest absolute Gasteiger partial charge is 0.459 e. The van der Waals surface area contributed by atoms with Crippen molar-refractivity contribution in [3.63, 3.8) is 0 Å². The second-order valence-electron chi connectivity index (χ2n) is 5.63. The molecule has 0 bridgehead atoms. The number of nitrogens with one attached hydrogen (secondary N) is 1. The van der Waals surface area contributed by atoms with Gasteiger partial charge >= 0.3 is 0 Å². The van der Waals surface area contributed by atoms with Crippen LogP contribution in [0.3, 0.4) is 0 Å². The van der Waals surface area contributed by atoms with Crippen molar-refractivity contribution in [2.24, 2.45) is 5.92 Å². The molecule has 108 valence electrons. The molecule has 1 aromatic heterocycles. The van der Waals surface area contributed by atoms with Crippen molar-refractivity contribution in [2.75, 3.05) is 19.8 Å². The highest BCUT2D eigenvalue weighted by Gasteiger charge is 2.27. The Labute approximate surface area is 120 Å². The number of hydrogen-bond donors (Lipinski definition) is 1. The molecule has 0 radical (unpaired) electrons. The highest BCUT2D eigenvalue weighted by atomic mass is 16.5. The Morgan fingerprint density at radius 3 is 2.80 bits per heavy atom. The molecule has 2 aromatic rings. The van der Waals surface area contributed by atoms with E-state index in [1.54, 1.807) is 0 Å². The third kappa shape index (κ3) is 2.60. The highest BCUT2D eigenvalue weighted by molar-refractivity contribution is 5.81. The maximum Gasteiger partial charge on any atom is 0.137 e. The molecule has 1 N–H and O–H groups in total. The Kier molecular flexibility index (Phi) is 4.08. The first-order chi connectivity index (χ1) is 9.79. The van der Waals surface area contributed by atoms with E-state index in [1.165, 1.54) is 10.9 Å². The van der Waals surface area contributed by atoms with Gasteiger partial charge in [0.25, 0.3) is 0 Å². The van der Waals surface area contributed by atoms with Gasteiger partial charge in [-0.3, -0.25) is 0 Å². The average Bonchev–Trinajstić information content (AvgIpc) is 2.91. The fourth-order valence-corrected chi connectivity index (χ4v) is 3.15. The SMILES string of the molecule is CCNC(c1cc2cccc(C)c2o1)C1CCOCC1. The van der Waals surface area contributed by atoms with Gasteiger partial charge in [-0.2, -0.15) is 0 Å². The number of ether oxygens (including phenoxy) is 1. The summed E-state index contributed by atoms with van der Waals surface area (Å²) in [6, 6.07) is 8.82. The molecule has 2 heterocycles. The van der Waals surface area contributed by atoms with E-state index in [0.717, 1.165) is 43.9 Å². The van der Waals surface area contributed by atoms with Crippen LogP contribution < -0.4 is 5.32 Å². The molecule has 0 spiro atoms. The van der Waals surface area contributed by atoms with Gasteiger partial charge in [0.1, 0.15) is 11.3 Å². The van der Waals surface area contributed by atoms with Crippen LogP contribution in [0.2, 0.25) is 0 Å². The van der Waals surface area contributed by atoms with Crippen molar-refractivity contribution >= 4 is 11.0 Å². The molecule has 1 saturated heterocycles. The predicted octanol–water partition coefficient (Wildman–Crippen LogP) is 3.82. The van der Waals surface area contributed by atoms with Crippen LogP contribution in [0.5, 0.6) is 0 Å². The second-order valence-corrected chi connectivity index (χ2v) is 5.63. The monoisotopic (exact) mass is 273 g/mol. The van der Waals surface area contributed by atoms with Gasteiger partial charge in [0.05, 0.1) is 6.04 Å². The number of aryl methyl sites for hydroxylation is 1. The first-order valence-electron chi connectivity index (χ1n) is 7.59. The third-order valence-electron chi connectivity index (χ3n) is 4.23. The molecule has 0 amide bonds. The summed E-state index contributed by atoms with van der Waals surface area (Å²) in [5, 5.41) is 4.80. The molecule has 1 unspecified atom stereocenters. The van der Waals surface area contributed by atoms with E-state index < -0.39 is 0 Å². The van der Waals surface area contributed by atoms with E-state index in [4.69, 9.17) is 9.15 Å². The molecule has 1 aliphatic heterocycles. The van der Waals surface area contributed by atoms with E-state index in [2.05, 4.69) is 43.4 Å². The van der Waals surface area contributed by atoms with Crippen LogP contribution in [0.15, 0.2) is 28.7 Å². The Morgan fingerprint density at radius 1 is 1.30 bits per heavy atom. The molecule has 3 rings (SSSR count). The summed E-state index contributed by atoms with van der Waals surface area (Å²) in [6.07, 6.45) is 2.21. The molecule has 1 fully saturated rings. The zero-order chi connectivity index (χ0) is 13.9. The van der Waals surface area contributed by atoms with Gasteiger partial charge in [-0.15, -0.1) is 0 Å². The lowest BCUT2D eigenvalue weighted by molar-refractivity contribution is 0.0511. The number of hydrogen-bond acceptors (Lipinski definition) is 3. The summed E-state index contributed by atoms with van der Waals surface area (Å²) in [4.78, 5) is 0. The summed E-state index contributed by atoms with van der Waals surface area (Å²) in [6.45, 7) is 6.95. The fourth-order valence-electron chi connectivity index (χ4n) is 3.15. The van der Waals surface area contributed by atoms with Gasteiger partial charge in [-0.05, 0) is 43.9 Å². The van der Waals surface area contributed by atoms with Crippen LogP contribution in [0, 0.1) is 12.8 Å². The molecule has 20 heavy (non-hydrogen) atoms. The summed E-state index contributed by atoms with van der Waals surface area (Å²) < 4.78 is 11.6. The van der Waals surface area contributed by atoms with Gasteiger partial charge in [0.15, 0.2) is 0 Å². The minimum absolute atomic E-state index is 0.302. The molecular weight excluding hydrogens is 250 g/mol. The quantitative estimate of drug-likeness (QED) is 0.919. The molecule has 3 nitrogen and oxygen atoms in total. The lowest BCUT2D eigenvalue weighted by Gasteiger charge is -2.29. The predicted molar refractivity (Wildman–Crippen MR) is 80.9 cm³/mol. The third-order valence-corrected chi connectivity index (χ3v) is 4.23. The van der Waals surface area contributed by atoms with E-state index in [-0.39, 0.29) is 0 Å². The normalized spacial score (nSPS) is 18.5. The first-order valence-corrected chi connectivity index (χ1v) is 7.59. The molecule has 1 aromatic carbocycles. The zero-order valence-corrected chi connectivity index (χ0v) is 12.3. The Bertz CT molecular complexity index is 569. The average molecular weight is 273 g/mol. The maximum absolute atomic E-state index is 6.16. The fraction of sp³-hybridized carbons (Fsp3) is 0.529. The van der Waals surface area contributed by atoms with Crippen LogP contribution in [-0.2, 0) is 4.74 Å². The number of fused-ring (bicyclic) bond motifs is 1. The number of rotatable bonds is 4. The minimum Gasteiger partial charge on any atom is -0.459 e. The van der Waals surface area contributed by atoms with Crippen LogP contribution >= 0.6 is 0 Å². The van der Waals surface area contributed by atoms with E-state index >= 15 is 0 Å². The van der Waals surface area contributed by atoms with Crippen LogP contribution in [0.1, 0.15) is 37.1 Å². The molecule has 1 aliphatic rings. The van der Waals surface area contributed by atoms with E-state index in [9.17, 15) is 0 Å². The lowest BCUT2D eigenvalue weighted by Crippen LogP contribution is -2.31. The van der Waals surface area contributed by atoms with Crippen molar-refractivity contribution in [1.29, 1.82) is 0 Å². The van der Waals surface area contributed by atoms with Gasteiger partial charge < -0.3 is 14.5 Å². The zero-order valence-electron chi connectivity index (χ0n) is 12.3. The number of furan rings is 1. The van der Waals surface area contributed by atoms with Gasteiger partial charge in [-0.1, -0.05) is 25.1 Å². The van der Waals surface area contributed by atoms with E-state index in [0.29, 0.717) is 12.0 Å². The Hall–Kier alpha value is -1.32. The standard InChI is InChI=1S/C17H23NO2/c1-3-18-16(13-7-9-19-10-8-13)15-11-14-6-4-5-12(2)17(14)20-15/h4-6,11,13,16,18H,3,7-10H2,1-2H3. The van der Waals surface area contributed by atoms with Crippen molar-refractivity contribution in [3.05, 3.63) is 35.6 Å². The van der Waals surface area contributed by atoms with Crippen molar-refractivity contribution in [3.8, 4) is 0 Å². The first kappa shape index (κ1) is 13.7. The second kappa shape index (κ2) is 5.98. The summed E-state index contributed by atoms with van der Waals surface area (Å²) >= 11 is 0. The molecule has 0 saturated carbocycles. The van der Waals surface area contributed by atoms with E-state index in [1.807, 2.05) is 0 Å². The molecule has 1 atom stereocenters. The van der Waals surface area contributed by atoms with Crippen LogP contribution in [0.25, 0.3) is 11.0 Å². The van der Waals surface area contributed by atoms with Crippen molar-refractivity contribution in [1.82, 2.24) is 5.32 Å². The lowest BCUT2D eigenvalue weighted by atomic mass is 9.90. The Morgan fingerprint density at radius 2 is 2.10 bits per heavy atom. The smallest absolute Gasteiger partial charge is 0.137 e. The molecule has 3 heteroatoms. The molecular formula is C17H23NO2. The van der Waals surface area contributed by atoms with Crippen molar-refractivity contribution in [2.45, 2.75) is 32.7 Å². The summed E-state index contributed by atoms with van der Waals surface area (Å²) in [5.41, 5.74) is 2.23. The van der Waals surface area contributed by atoms with Crippen molar-refractivity contribution < 1.29 is 9.15 Å². The highest BCUT2D eigenvalue weighted by Crippen LogP contribution is 2.34. The van der Waals surface area contributed by atoms with Crippen LogP contribution in [-0.4, -0.2) is 19.8 Å². The maximum atomic E-state index is 6.16. The minimum atomic E-state index is 0.302. The molecule has 0 aliphatic carbocycles. The topological polar surface area (TPSA) is 34.4 Å². The summed E-state index contributed by atoms with van der Waals surface area (Å²) in [7, 11) is 0. The number of benzene rings is 1. The van der Waals surface area contributed by atoms with Gasteiger partial charge in [0.2, 0.25) is 0 Å².